The van der Waals surface area contributed by atoms with Gasteiger partial charge in [0.2, 0.25) is 0 Å². The molecule has 0 aliphatic carbocycles. The summed E-state index contributed by atoms with van der Waals surface area (Å²) in [6, 6.07) is 0. The van der Waals surface area contributed by atoms with Gasteiger partial charge in [-0.3, -0.25) is 18.6 Å². The van der Waals surface area contributed by atoms with Crippen LogP contribution in [0.5, 0.6) is 0 Å². The average molecular weight is 736 g/mol. The molecule has 0 aromatic carbocycles. The fourth-order valence-corrected chi connectivity index (χ4v) is 5.42. The van der Waals surface area contributed by atoms with Crippen molar-refractivity contribution in [2.45, 2.75) is 148 Å². The van der Waals surface area contributed by atoms with E-state index >= 15 is 0 Å². The van der Waals surface area contributed by atoms with Gasteiger partial charge in [0.05, 0.1) is 13.2 Å². The number of carbonyl (C=O) groups is 2. The van der Waals surface area contributed by atoms with Gasteiger partial charge in [0.1, 0.15) is 6.61 Å². The number of phosphoric ester groups is 1. The monoisotopic (exact) mass is 735 g/mol. The zero-order valence-electron chi connectivity index (χ0n) is 31.8. The summed E-state index contributed by atoms with van der Waals surface area (Å²) in [5.74, 6) is -0.945. The summed E-state index contributed by atoms with van der Waals surface area (Å²) in [5.41, 5.74) is 5.32. The van der Waals surface area contributed by atoms with Crippen molar-refractivity contribution in [1.82, 2.24) is 0 Å². The summed E-state index contributed by atoms with van der Waals surface area (Å²) in [6.07, 6.45) is 43.8. The van der Waals surface area contributed by atoms with Gasteiger partial charge in [-0.15, -0.1) is 0 Å². The molecule has 0 rings (SSSR count). The first-order chi connectivity index (χ1) is 24.8. The van der Waals surface area contributed by atoms with E-state index in [1.807, 2.05) is 12.2 Å². The van der Waals surface area contributed by atoms with Crippen LogP contribution < -0.4 is 5.73 Å². The molecule has 292 valence electrons. The van der Waals surface area contributed by atoms with Gasteiger partial charge in [0.25, 0.3) is 0 Å². The molecule has 0 bridgehead atoms. The van der Waals surface area contributed by atoms with Crippen LogP contribution in [0.15, 0.2) is 72.9 Å². The van der Waals surface area contributed by atoms with Gasteiger partial charge in [0.15, 0.2) is 6.10 Å². The Bertz CT molecular complexity index is 1070. The van der Waals surface area contributed by atoms with Gasteiger partial charge >= 0.3 is 19.8 Å². The quantitative estimate of drug-likeness (QED) is 0.0282. The standard InChI is InChI=1S/C41H70NO8P/c1-3-5-7-9-11-13-15-16-17-18-19-20-21-22-24-26-28-30-32-34-41(44)50-39(38-49-51(45,46)48-36-35-42)37-47-40(43)33-31-29-27-25-23-14-12-10-8-6-4-2/h10-13,16-17,19-20,22,24,28,30,39H,3-9,14-15,18,21,23,25-27,29,31-38,42H2,1-2H3,(H,45,46)/b12-10-,13-11-,17-16-,20-19-,24-22-,30-28-/t39-/m1/s1. The van der Waals surface area contributed by atoms with Crippen molar-refractivity contribution in [1.29, 1.82) is 0 Å². The van der Waals surface area contributed by atoms with Crippen LogP contribution in [0.1, 0.15) is 142 Å². The van der Waals surface area contributed by atoms with Crippen LogP contribution in [0.25, 0.3) is 0 Å². The van der Waals surface area contributed by atoms with Gasteiger partial charge < -0.3 is 20.1 Å². The molecule has 0 spiro atoms. The van der Waals surface area contributed by atoms with E-state index in [0.29, 0.717) is 12.8 Å². The molecule has 2 atom stereocenters. The number of carbonyl (C=O) groups excluding carboxylic acids is 2. The summed E-state index contributed by atoms with van der Waals surface area (Å²) in [7, 11) is -4.40. The number of allylic oxidation sites excluding steroid dienone is 12. The molecule has 9 nitrogen and oxygen atoms in total. The Labute approximate surface area is 310 Å². The number of esters is 2. The number of phosphoric acid groups is 1. The smallest absolute Gasteiger partial charge is 0.462 e. The third-order valence-electron chi connectivity index (χ3n) is 7.58. The fourth-order valence-electron chi connectivity index (χ4n) is 4.65. The van der Waals surface area contributed by atoms with Crippen molar-refractivity contribution in [3.8, 4) is 0 Å². The lowest BCUT2D eigenvalue weighted by Crippen LogP contribution is -2.29. The van der Waals surface area contributed by atoms with Crippen LogP contribution in [0.4, 0.5) is 0 Å². The van der Waals surface area contributed by atoms with Crippen LogP contribution >= 0.6 is 7.82 Å². The summed E-state index contributed by atoms with van der Waals surface area (Å²) in [6.45, 7) is 3.53. The van der Waals surface area contributed by atoms with Crippen molar-refractivity contribution in [2.75, 3.05) is 26.4 Å². The Hall–Kier alpha value is -2.55. The number of unbranched alkanes of at least 4 members (excludes halogenated alkanes) is 10. The van der Waals surface area contributed by atoms with Crippen molar-refractivity contribution >= 4 is 19.8 Å². The highest BCUT2D eigenvalue weighted by Crippen LogP contribution is 2.43. The summed E-state index contributed by atoms with van der Waals surface area (Å²) in [5, 5.41) is 0. The first-order valence-electron chi connectivity index (χ1n) is 19.4. The van der Waals surface area contributed by atoms with E-state index in [-0.39, 0.29) is 32.6 Å². The molecule has 0 heterocycles. The van der Waals surface area contributed by atoms with Gasteiger partial charge in [-0.2, -0.15) is 0 Å². The van der Waals surface area contributed by atoms with E-state index in [1.165, 1.54) is 38.5 Å². The van der Waals surface area contributed by atoms with Crippen molar-refractivity contribution in [3.63, 3.8) is 0 Å². The van der Waals surface area contributed by atoms with Gasteiger partial charge in [-0.05, 0) is 70.6 Å². The minimum absolute atomic E-state index is 0.0377. The highest BCUT2D eigenvalue weighted by atomic mass is 31.2. The van der Waals surface area contributed by atoms with E-state index < -0.39 is 32.5 Å². The van der Waals surface area contributed by atoms with Crippen LogP contribution in [0, 0.1) is 0 Å². The summed E-state index contributed by atoms with van der Waals surface area (Å²) >= 11 is 0. The average Bonchev–Trinajstić information content (AvgIpc) is 3.11. The summed E-state index contributed by atoms with van der Waals surface area (Å²) in [4.78, 5) is 34.6. The van der Waals surface area contributed by atoms with Gasteiger partial charge in [-0.1, -0.05) is 132 Å². The van der Waals surface area contributed by atoms with Crippen molar-refractivity contribution in [3.05, 3.63) is 72.9 Å². The number of hydrogen-bond acceptors (Lipinski definition) is 8. The Morgan fingerprint density at radius 2 is 1.08 bits per heavy atom. The molecule has 0 saturated heterocycles. The maximum atomic E-state index is 12.5. The zero-order chi connectivity index (χ0) is 37.5. The zero-order valence-corrected chi connectivity index (χ0v) is 32.7. The Kier molecular flexibility index (Phi) is 35.4. The number of nitrogens with two attached hydrogens (primary N) is 1. The summed E-state index contributed by atoms with van der Waals surface area (Å²) < 4.78 is 32.5. The first kappa shape index (κ1) is 48.5. The maximum Gasteiger partial charge on any atom is 0.472 e. The van der Waals surface area contributed by atoms with Gasteiger partial charge in [0, 0.05) is 19.4 Å². The van der Waals surface area contributed by atoms with Crippen molar-refractivity contribution < 1.29 is 37.6 Å². The predicted molar refractivity (Wildman–Crippen MR) is 210 cm³/mol. The topological polar surface area (TPSA) is 134 Å². The van der Waals surface area contributed by atoms with Crippen LogP contribution in [-0.4, -0.2) is 49.3 Å². The molecule has 3 N–H and O–H groups in total. The number of rotatable bonds is 35. The molecule has 1 unspecified atom stereocenters. The minimum Gasteiger partial charge on any atom is -0.462 e. The van der Waals surface area contributed by atoms with Crippen LogP contribution in [0.2, 0.25) is 0 Å². The number of hydrogen-bond donors (Lipinski definition) is 2. The first-order valence-corrected chi connectivity index (χ1v) is 20.9. The second-order valence-corrected chi connectivity index (χ2v) is 13.9. The Balaban J connectivity index is 4.38. The molecule has 0 saturated carbocycles. The second kappa shape index (κ2) is 37.2. The lowest BCUT2D eigenvalue weighted by molar-refractivity contribution is -0.161. The van der Waals surface area contributed by atoms with Crippen molar-refractivity contribution in [2.24, 2.45) is 5.73 Å². The SMILES string of the molecule is CCCC/C=C\CCCCCCCC(=O)OC[C@H](COP(=O)(O)OCCN)OC(=O)CC/C=C\C/C=C\C/C=C\C/C=C\C/C=C\CCCCC. The highest BCUT2D eigenvalue weighted by molar-refractivity contribution is 7.47. The Morgan fingerprint density at radius 3 is 1.67 bits per heavy atom. The molecule has 0 radical (unpaired) electrons. The minimum atomic E-state index is -4.40. The lowest BCUT2D eigenvalue weighted by atomic mass is 10.1. The third kappa shape index (κ3) is 37.0. The highest BCUT2D eigenvalue weighted by Gasteiger charge is 2.25. The molecule has 0 amide bonds. The second-order valence-electron chi connectivity index (χ2n) is 12.4. The van der Waals surface area contributed by atoms with E-state index in [4.69, 9.17) is 24.3 Å². The molecular formula is C41H70NO8P. The Morgan fingerprint density at radius 1 is 0.588 bits per heavy atom. The predicted octanol–water partition coefficient (Wildman–Crippen LogP) is 10.7. The van der Waals surface area contributed by atoms with E-state index in [0.717, 1.165) is 64.2 Å². The molecule has 51 heavy (non-hydrogen) atoms. The van der Waals surface area contributed by atoms with E-state index in [9.17, 15) is 19.0 Å². The lowest BCUT2D eigenvalue weighted by Gasteiger charge is -2.19. The van der Waals surface area contributed by atoms with Crippen LogP contribution in [0.3, 0.4) is 0 Å². The fraction of sp³-hybridized carbons (Fsp3) is 0.659. The molecule has 0 aromatic heterocycles. The third-order valence-corrected chi connectivity index (χ3v) is 8.56. The molecule has 0 aromatic rings. The van der Waals surface area contributed by atoms with E-state index in [2.05, 4.69) is 74.6 Å². The molecule has 0 aliphatic rings. The van der Waals surface area contributed by atoms with E-state index in [1.54, 1.807) is 0 Å². The maximum absolute atomic E-state index is 12.5. The normalized spacial score (nSPS) is 14.2. The molecular weight excluding hydrogens is 665 g/mol. The molecule has 0 aliphatic heterocycles. The molecule has 0 fully saturated rings. The van der Waals surface area contributed by atoms with Gasteiger partial charge in [-0.25, -0.2) is 4.57 Å². The van der Waals surface area contributed by atoms with Crippen LogP contribution in [-0.2, 0) is 32.7 Å². The number of ether oxygens (including phenoxy) is 2. The largest absolute Gasteiger partial charge is 0.472 e. The molecule has 10 heteroatoms.